The summed E-state index contributed by atoms with van der Waals surface area (Å²) in [4.78, 5) is 10.6. The van der Waals surface area contributed by atoms with Crippen LogP contribution in [0.15, 0.2) is 0 Å². The predicted molar refractivity (Wildman–Crippen MR) is 46.2 cm³/mol. The maximum Gasteiger partial charge on any atom is 0.323 e. The van der Waals surface area contributed by atoms with Gasteiger partial charge in [0.15, 0.2) is 0 Å². The van der Waals surface area contributed by atoms with E-state index in [-0.39, 0.29) is 12.1 Å². The highest BCUT2D eigenvalue weighted by atomic mass is 16.5. The molecule has 0 unspecified atom stereocenters. The number of hydrogen-bond donors (Lipinski definition) is 2. The van der Waals surface area contributed by atoms with E-state index in [2.05, 4.69) is 5.32 Å². The molecule has 0 aliphatic carbocycles. The van der Waals surface area contributed by atoms with Crippen LogP contribution >= 0.6 is 0 Å². The van der Waals surface area contributed by atoms with Crippen LogP contribution < -0.4 is 5.32 Å². The van der Waals surface area contributed by atoms with Gasteiger partial charge in [0.05, 0.1) is 6.61 Å². The number of carboxylic acids is 1. The first kappa shape index (κ1) is 11.4. The zero-order valence-corrected chi connectivity index (χ0v) is 8.05. The van der Waals surface area contributed by atoms with E-state index >= 15 is 0 Å². The van der Waals surface area contributed by atoms with Gasteiger partial charge in [-0.3, -0.25) is 10.1 Å². The van der Waals surface area contributed by atoms with E-state index in [1.54, 1.807) is 0 Å². The Kier molecular flexibility index (Phi) is 4.20. The van der Waals surface area contributed by atoms with E-state index in [0.717, 1.165) is 0 Å². The van der Waals surface area contributed by atoms with Gasteiger partial charge >= 0.3 is 5.97 Å². The summed E-state index contributed by atoms with van der Waals surface area (Å²) in [5.74, 6) is -0.883. The summed E-state index contributed by atoms with van der Waals surface area (Å²) in [6.07, 6.45) is 0. The SMILES string of the molecule is COC[C@H](NC(C)(C)C)C(=O)O. The van der Waals surface area contributed by atoms with Gasteiger partial charge in [-0.1, -0.05) is 0 Å². The normalized spacial score (nSPS) is 14.3. The number of carbonyl (C=O) groups is 1. The molecule has 0 heterocycles. The molecule has 0 saturated heterocycles. The Labute approximate surface area is 72.9 Å². The molecule has 72 valence electrons. The van der Waals surface area contributed by atoms with Gasteiger partial charge in [-0.05, 0) is 20.8 Å². The number of hydrogen-bond acceptors (Lipinski definition) is 3. The van der Waals surface area contributed by atoms with Crippen molar-refractivity contribution in [3.63, 3.8) is 0 Å². The lowest BCUT2D eigenvalue weighted by Gasteiger charge is -2.25. The van der Waals surface area contributed by atoms with E-state index in [0.29, 0.717) is 0 Å². The van der Waals surface area contributed by atoms with Gasteiger partial charge in [-0.2, -0.15) is 0 Å². The van der Waals surface area contributed by atoms with Crippen LogP contribution in [0.1, 0.15) is 20.8 Å². The Morgan fingerprint density at radius 1 is 1.58 bits per heavy atom. The van der Waals surface area contributed by atoms with Gasteiger partial charge in [-0.25, -0.2) is 0 Å². The van der Waals surface area contributed by atoms with Crippen molar-refractivity contribution < 1.29 is 14.6 Å². The molecule has 0 saturated carbocycles. The van der Waals surface area contributed by atoms with Crippen molar-refractivity contribution in [1.82, 2.24) is 5.32 Å². The second-order valence-corrected chi connectivity index (χ2v) is 3.74. The highest BCUT2D eigenvalue weighted by Crippen LogP contribution is 2.01. The molecule has 0 aliphatic heterocycles. The van der Waals surface area contributed by atoms with Gasteiger partial charge in [0.25, 0.3) is 0 Å². The molecule has 0 aliphatic rings. The average molecular weight is 175 g/mol. The van der Waals surface area contributed by atoms with Crippen LogP contribution in [0, 0.1) is 0 Å². The Hall–Kier alpha value is -0.610. The van der Waals surface area contributed by atoms with Gasteiger partial charge in [0.1, 0.15) is 6.04 Å². The molecule has 0 aromatic rings. The van der Waals surface area contributed by atoms with Crippen molar-refractivity contribution in [3.8, 4) is 0 Å². The standard InChI is InChI=1S/C8H17NO3/c1-8(2,3)9-6(5-12-4)7(10)11/h6,9H,5H2,1-4H3,(H,10,11)/t6-/m0/s1. The van der Waals surface area contributed by atoms with Crippen LogP contribution in [0.2, 0.25) is 0 Å². The van der Waals surface area contributed by atoms with Gasteiger partial charge in [0, 0.05) is 12.6 Å². The molecular formula is C8H17NO3. The summed E-state index contributed by atoms with van der Waals surface area (Å²) < 4.78 is 4.77. The Morgan fingerprint density at radius 3 is 2.33 bits per heavy atom. The number of ether oxygens (including phenoxy) is 1. The first-order valence-electron chi connectivity index (χ1n) is 3.86. The molecule has 0 fully saturated rings. The monoisotopic (exact) mass is 175 g/mol. The molecule has 4 heteroatoms. The first-order valence-corrected chi connectivity index (χ1v) is 3.86. The Bertz CT molecular complexity index is 151. The zero-order valence-electron chi connectivity index (χ0n) is 8.05. The largest absolute Gasteiger partial charge is 0.480 e. The van der Waals surface area contributed by atoms with Crippen molar-refractivity contribution in [2.75, 3.05) is 13.7 Å². The number of nitrogens with one attached hydrogen (secondary N) is 1. The molecule has 4 nitrogen and oxygen atoms in total. The molecule has 1 atom stereocenters. The summed E-state index contributed by atoms with van der Waals surface area (Å²) in [5, 5.41) is 11.7. The quantitative estimate of drug-likeness (QED) is 0.652. The number of carboxylic acid groups (broad SMARTS) is 1. The first-order chi connectivity index (χ1) is 5.37. The average Bonchev–Trinajstić information content (AvgIpc) is 1.83. The summed E-state index contributed by atoms with van der Waals surface area (Å²) in [7, 11) is 1.49. The molecule has 0 spiro atoms. The van der Waals surface area contributed by atoms with Crippen LogP contribution in [0.5, 0.6) is 0 Å². The fraction of sp³-hybridized carbons (Fsp3) is 0.875. The summed E-state index contributed by atoms with van der Waals surface area (Å²) >= 11 is 0. The van der Waals surface area contributed by atoms with E-state index in [1.165, 1.54) is 7.11 Å². The third kappa shape index (κ3) is 5.09. The molecular weight excluding hydrogens is 158 g/mol. The Balaban J connectivity index is 4.05. The van der Waals surface area contributed by atoms with Gasteiger partial charge < -0.3 is 9.84 Å². The molecule has 12 heavy (non-hydrogen) atoms. The third-order valence-corrected chi connectivity index (χ3v) is 1.24. The predicted octanol–water partition coefficient (Wildman–Crippen LogP) is 0.474. The van der Waals surface area contributed by atoms with E-state index < -0.39 is 12.0 Å². The molecule has 0 amide bonds. The lowest BCUT2D eigenvalue weighted by atomic mass is 10.1. The summed E-state index contributed by atoms with van der Waals surface area (Å²) in [5.41, 5.74) is -0.207. The van der Waals surface area contributed by atoms with Crippen LogP contribution in [0.3, 0.4) is 0 Å². The minimum Gasteiger partial charge on any atom is -0.480 e. The molecule has 2 N–H and O–H groups in total. The van der Waals surface area contributed by atoms with Gasteiger partial charge in [0.2, 0.25) is 0 Å². The van der Waals surface area contributed by atoms with Crippen LogP contribution in [-0.4, -0.2) is 36.4 Å². The van der Waals surface area contributed by atoms with Crippen LogP contribution in [0.4, 0.5) is 0 Å². The lowest BCUT2D eigenvalue weighted by Crippen LogP contribution is -2.49. The van der Waals surface area contributed by atoms with Gasteiger partial charge in [-0.15, -0.1) is 0 Å². The highest BCUT2D eigenvalue weighted by molar-refractivity contribution is 5.73. The van der Waals surface area contributed by atoms with E-state index in [1.807, 2.05) is 20.8 Å². The van der Waals surface area contributed by atoms with Crippen molar-refractivity contribution >= 4 is 5.97 Å². The third-order valence-electron chi connectivity index (χ3n) is 1.24. The van der Waals surface area contributed by atoms with E-state index in [4.69, 9.17) is 9.84 Å². The lowest BCUT2D eigenvalue weighted by molar-refractivity contribution is -0.141. The topological polar surface area (TPSA) is 58.6 Å². The maximum atomic E-state index is 10.6. The molecule has 0 aromatic heterocycles. The van der Waals surface area contributed by atoms with Crippen molar-refractivity contribution in [1.29, 1.82) is 0 Å². The van der Waals surface area contributed by atoms with Crippen LogP contribution in [0.25, 0.3) is 0 Å². The summed E-state index contributed by atoms with van der Waals surface area (Å²) in [6, 6.07) is -0.630. The zero-order chi connectivity index (χ0) is 9.78. The fourth-order valence-corrected chi connectivity index (χ4v) is 0.864. The van der Waals surface area contributed by atoms with Crippen molar-refractivity contribution in [2.45, 2.75) is 32.4 Å². The number of methoxy groups -OCH3 is 1. The number of aliphatic carboxylic acids is 1. The Morgan fingerprint density at radius 2 is 2.08 bits per heavy atom. The summed E-state index contributed by atoms with van der Waals surface area (Å²) in [6.45, 7) is 5.93. The van der Waals surface area contributed by atoms with Crippen molar-refractivity contribution in [2.24, 2.45) is 0 Å². The fourth-order valence-electron chi connectivity index (χ4n) is 0.864. The smallest absolute Gasteiger partial charge is 0.323 e. The maximum absolute atomic E-state index is 10.6. The second-order valence-electron chi connectivity index (χ2n) is 3.74. The minimum absolute atomic E-state index is 0.187. The minimum atomic E-state index is -0.883. The number of rotatable bonds is 4. The molecule has 0 radical (unpaired) electrons. The van der Waals surface area contributed by atoms with Crippen LogP contribution in [-0.2, 0) is 9.53 Å². The molecule has 0 rings (SSSR count). The second kappa shape index (κ2) is 4.42. The highest BCUT2D eigenvalue weighted by Gasteiger charge is 2.22. The molecule has 0 aromatic carbocycles. The van der Waals surface area contributed by atoms with E-state index in [9.17, 15) is 4.79 Å². The molecule has 0 bridgehead atoms. The van der Waals surface area contributed by atoms with Crippen molar-refractivity contribution in [3.05, 3.63) is 0 Å².